The number of aliphatic hydroxyl groups excluding tert-OH is 5. The standard InChI is InChI=1S/C10H22O5/c1-3-9(2,4-11)8(15)10(5-12,6-13)7-14/h8,11-15H,3-7H2,1-2H3. The SMILES string of the molecule is CCC(C)(CO)C(O)C(CO)(CO)CO. The van der Waals surface area contributed by atoms with Crippen molar-refractivity contribution in [1.29, 1.82) is 0 Å². The largest absolute Gasteiger partial charge is 0.396 e. The van der Waals surface area contributed by atoms with Gasteiger partial charge in [0.2, 0.25) is 0 Å². The lowest BCUT2D eigenvalue weighted by atomic mass is 9.69. The van der Waals surface area contributed by atoms with Gasteiger partial charge < -0.3 is 25.5 Å². The van der Waals surface area contributed by atoms with E-state index in [1.807, 2.05) is 0 Å². The van der Waals surface area contributed by atoms with Gasteiger partial charge in [-0.3, -0.25) is 0 Å². The Labute approximate surface area is 90.0 Å². The number of rotatable bonds is 7. The van der Waals surface area contributed by atoms with Crippen molar-refractivity contribution in [3.05, 3.63) is 0 Å². The van der Waals surface area contributed by atoms with E-state index in [2.05, 4.69) is 0 Å². The molecule has 0 bridgehead atoms. The van der Waals surface area contributed by atoms with E-state index in [0.29, 0.717) is 6.42 Å². The summed E-state index contributed by atoms with van der Waals surface area (Å²) in [6.07, 6.45) is -0.688. The van der Waals surface area contributed by atoms with Crippen molar-refractivity contribution < 1.29 is 25.5 Å². The summed E-state index contributed by atoms with van der Waals surface area (Å²) in [4.78, 5) is 0. The summed E-state index contributed by atoms with van der Waals surface area (Å²) in [5, 5.41) is 46.7. The van der Waals surface area contributed by atoms with Crippen LogP contribution in [-0.2, 0) is 0 Å². The van der Waals surface area contributed by atoms with Crippen molar-refractivity contribution in [2.24, 2.45) is 10.8 Å². The Morgan fingerprint density at radius 1 is 0.933 bits per heavy atom. The molecule has 0 spiro atoms. The molecule has 0 radical (unpaired) electrons. The summed E-state index contributed by atoms with van der Waals surface area (Å²) in [7, 11) is 0. The maximum Gasteiger partial charge on any atom is 0.0738 e. The van der Waals surface area contributed by atoms with E-state index < -0.39 is 36.8 Å². The highest BCUT2D eigenvalue weighted by molar-refractivity contribution is 4.94. The monoisotopic (exact) mass is 222 g/mol. The van der Waals surface area contributed by atoms with Gasteiger partial charge in [0.15, 0.2) is 0 Å². The Morgan fingerprint density at radius 3 is 1.53 bits per heavy atom. The summed E-state index contributed by atoms with van der Waals surface area (Å²) >= 11 is 0. The van der Waals surface area contributed by atoms with Crippen LogP contribution < -0.4 is 0 Å². The van der Waals surface area contributed by atoms with Crippen LogP contribution in [0.4, 0.5) is 0 Å². The van der Waals surface area contributed by atoms with Crippen molar-refractivity contribution in [3.63, 3.8) is 0 Å². The van der Waals surface area contributed by atoms with E-state index in [1.165, 1.54) is 0 Å². The Morgan fingerprint density at radius 2 is 1.33 bits per heavy atom. The molecule has 5 nitrogen and oxygen atoms in total. The smallest absolute Gasteiger partial charge is 0.0738 e. The van der Waals surface area contributed by atoms with Gasteiger partial charge in [-0.2, -0.15) is 0 Å². The van der Waals surface area contributed by atoms with Crippen molar-refractivity contribution >= 4 is 0 Å². The van der Waals surface area contributed by atoms with Gasteiger partial charge >= 0.3 is 0 Å². The Bertz CT molecular complexity index is 166. The number of hydrogen-bond donors (Lipinski definition) is 5. The van der Waals surface area contributed by atoms with Crippen LogP contribution in [0.5, 0.6) is 0 Å². The van der Waals surface area contributed by atoms with Gasteiger partial charge in [0.1, 0.15) is 0 Å². The first-order valence-corrected chi connectivity index (χ1v) is 5.08. The molecule has 0 saturated carbocycles. The van der Waals surface area contributed by atoms with Crippen molar-refractivity contribution in [2.45, 2.75) is 26.4 Å². The van der Waals surface area contributed by atoms with Gasteiger partial charge in [0.05, 0.1) is 37.9 Å². The van der Waals surface area contributed by atoms with Crippen LogP contribution in [0.3, 0.4) is 0 Å². The highest BCUT2D eigenvalue weighted by atomic mass is 16.3. The first-order chi connectivity index (χ1) is 6.96. The average molecular weight is 222 g/mol. The fourth-order valence-electron chi connectivity index (χ4n) is 1.54. The van der Waals surface area contributed by atoms with Crippen LogP contribution in [0.1, 0.15) is 20.3 Å². The third-order valence-corrected chi connectivity index (χ3v) is 3.35. The lowest BCUT2D eigenvalue weighted by molar-refractivity contribution is -0.144. The lowest BCUT2D eigenvalue weighted by Gasteiger charge is -2.42. The van der Waals surface area contributed by atoms with E-state index in [4.69, 9.17) is 15.3 Å². The maximum atomic E-state index is 10.0. The third-order valence-electron chi connectivity index (χ3n) is 3.35. The third kappa shape index (κ3) is 2.68. The molecule has 5 heteroatoms. The van der Waals surface area contributed by atoms with E-state index in [9.17, 15) is 10.2 Å². The molecule has 0 aliphatic rings. The quantitative estimate of drug-likeness (QED) is 0.369. The van der Waals surface area contributed by atoms with Crippen LogP contribution in [0.2, 0.25) is 0 Å². The first kappa shape index (κ1) is 14.8. The van der Waals surface area contributed by atoms with Gasteiger partial charge in [-0.1, -0.05) is 13.8 Å². The highest BCUT2D eigenvalue weighted by Crippen LogP contribution is 2.36. The summed E-state index contributed by atoms with van der Waals surface area (Å²) in [5.41, 5.74) is -2.21. The minimum atomic E-state index is -1.37. The normalized spacial score (nSPS) is 18.6. The van der Waals surface area contributed by atoms with E-state index in [0.717, 1.165) is 0 Å². The Kier molecular flexibility index (Phi) is 5.69. The van der Waals surface area contributed by atoms with Gasteiger partial charge in [0, 0.05) is 5.41 Å². The molecule has 15 heavy (non-hydrogen) atoms. The Hall–Kier alpha value is -0.200. The van der Waals surface area contributed by atoms with Gasteiger partial charge in [-0.25, -0.2) is 0 Å². The fraction of sp³-hybridized carbons (Fsp3) is 1.00. The maximum absolute atomic E-state index is 10.0. The molecule has 0 fully saturated rings. The zero-order valence-electron chi connectivity index (χ0n) is 9.35. The second kappa shape index (κ2) is 5.77. The predicted molar refractivity (Wildman–Crippen MR) is 55.2 cm³/mol. The zero-order valence-corrected chi connectivity index (χ0v) is 9.35. The minimum Gasteiger partial charge on any atom is -0.396 e. The molecule has 0 heterocycles. The number of aliphatic hydroxyl groups is 5. The van der Waals surface area contributed by atoms with Crippen LogP contribution in [0, 0.1) is 10.8 Å². The molecule has 0 aliphatic carbocycles. The Balaban J connectivity index is 4.98. The summed E-state index contributed by atoms with van der Waals surface area (Å²) < 4.78 is 0. The molecular weight excluding hydrogens is 200 g/mol. The summed E-state index contributed by atoms with van der Waals surface area (Å²) in [6.45, 7) is 1.57. The lowest BCUT2D eigenvalue weighted by Crippen LogP contribution is -2.54. The molecule has 0 aliphatic heterocycles. The van der Waals surface area contributed by atoms with E-state index in [1.54, 1.807) is 13.8 Å². The fourth-order valence-corrected chi connectivity index (χ4v) is 1.54. The van der Waals surface area contributed by atoms with E-state index in [-0.39, 0.29) is 6.61 Å². The molecular formula is C10H22O5. The zero-order chi connectivity index (χ0) is 12.1. The molecule has 5 N–H and O–H groups in total. The van der Waals surface area contributed by atoms with Crippen molar-refractivity contribution in [3.8, 4) is 0 Å². The van der Waals surface area contributed by atoms with Gasteiger partial charge in [-0.15, -0.1) is 0 Å². The summed E-state index contributed by atoms with van der Waals surface area (Å²) in [6, 6.07) is 0. The molecule has 2 atom stereocenters. The summed E-state index contributed by atoms with van der Waals surface area (Å²) in [5.74, 6) is 0. The van der Waals surface area contributed by atoms with Gasteiger partial charge in [-0.05, 0) is 6.42 Å². The average Bonchev–Trinajstić information content (AvgIpc) is 2.30. The van der Waals surface area contributed by atoms with Crippen LogP contribution in [-0.4, -0.2) is 58.1 Å². The molecule has 0 rings (SSSR count). The molecule has 0 aromatic heterocycles. The molecule has 0 aromatic rings. The van der Waals surface area contributed by atoms with Crippen molar-refractivity contribution in [1.82, 2.24) is 0 Å². The molecule has 2 unspecified atom stereocenters. The molecule has 0 aromatic carbocycles. The molecule has 0 amide bonds. The second-order valence-electron chi connectivity index (χ2n) is 4.40. The molecule has 0 saturated heterocycles. The molecule has 92 valence electrons. The minimum absolute atomic E-state index is 0.271. The van der Waals surface area contributed by atoms with Gasteiger partial charge in [0.25, 0.3) is 0 Å². The van der Waals surface area contributed by atoms with Crippen LogP contribution >= 0.6 is 0 Å². The topological polar surface area (TPSA) is 101 Å². The van der Waals surface area contributed by atoms with E-state index >= 15 is 0 Å². The predicted octanol–water partition coefficient (Wildman–Crippen LogP) is -1.28. The van der Waals surface area contributed by atoms with Crippen LogP contribution in [0.25, 0.3) is 0 Å². The number of hydrogen-bond acceptors (Lipinski definition) is 5. The van der Waals surface area contributed by atoms with Crippen LogP contribution in [0.15, 0.2) is 0 Å². The first-order valence-electron chi connectivity index (χ1n) is 5.08. The highest BCUT2D eigenvalue weighted by Gasteiger charge is 2.46. The van der Waals surface area contributed by atoms with Crippen molar-refractivity contribution in [2.75, 3.05) is 26.4 Å². The second-order valence-corrected chi connectivity index (χ2v) is 4.40.